The van der Waals surface area contributed by atoms with E-state index in [0.717, 1.165) is 25.2 Å². The summed E-state index contributed by atoms with van der Waals surface area (Å²) in [7, 11) is 0. The number of rotatable bonds is 4. The fraction of sp³-hybridized carbons (Fsp3) is 0.692. The van der Waals surface area contributed by atoms with Gasteiger partial charge in [-0.3, -0.25) is 0 Å². The van der Waals surface area contributed by atoms with Gasteiger partial charge in [-0.25, -0.2) is 9.97 Å². The molecule has 0 aliphatic carbocycles. The van der Waals surface area contributed by atoms with Gasteiger partial charge in [-0.2, -0.15) is 0 Å². The van der Waals surface area contributed by atoms with Crippen molar-refractivity contribution in [3.63, 3.8) is 0 Å². The molecular formula is C13H20ClN3O. The lowest BCUT2D eigenvalue weighted by Gasteiger charge is -2.37. The molecule has 1 unspecified atom stereocenters. The summed E-state index contributed by atoms with van der Waals surface area (Å²) in [6.45, 7) is 3.09. The Kier molecular flexibility index (Phi) is 4.78. The molecule has 1 aromatic rings. The Morgan fingerprint density at radius 1 is 1.44 bits per heavy atom. The molecule has 1 saturated heterocycles. The summed E-state index contributed by atoms with van der Waals surface area (Å²) in [4.78, 5) is 10.6. The minimum atomic E-state index is -0.107. The Balaban J connectivity index is 2.30. The highest BCUT2D eigenvalue weighted by Crippen LogP contribution is 2.30. The van der Waals surface area contributed by atoms with Crippen LogP contribution in [0.1, 0.15) is 44.6 Å². The lowest BCUT2D eigenvalue weighted by atomic mass is 9.98. The standard InChI is InChI=1S/C13H20ClN3O/c1-2-5-10-6-3-4-7-17(10)13-11(8-18)12(14)15-9-16-13/h9-10,18H,2-8H2,1H3. The van der Waals surface area contributed by atoms with E-state index in [1.165, 1.54) is 25.6 Å². The molecule has 1 fully saturated rings. The molecule has 1 atom stereocenters. The molecule has 2 heterocycles. The summed E-state index contributed by atoms with van der Waals surface area (Å²) in [6.07, 6.45) is 7.44. The fourth-order valence-corrected chi connectivity index (χ4v) is 2.87. The number of nitrogens with zero attached hydrogens (tertiary/aromatic N) is 3. The van der Waals surface area contributed by atoms with Gasteiger partial charge in [-0.05, 0) is 25.7 Å². The van der Waals surface area contributed by atoms with Crippen LogP contribution >= 0.6 is 11.6 Å². The van der Waals surface area contributed by atoms with Gasteiger partial charge in [0.1, 0.15) is 17.3 Å². The van der Waals surface area contributed by atoms with Gasteiger partial charge in [0.25, 0.3) is 0 Å². The molecule has 2 rings (SSSR count). The first-order valence-corrected chi connectivity index (χ1v) is 7.02. The summed E-state index contributed by atoms with van der Waals surface area (Å²) in [5.74, 6) is 0.815. The van der Waals surface area contributed by atoms with Crippen molar-refractivity contribution in [3.8, 4) is 0 Å². The largest absolute Gasteiger partial charge is 0.391 e. The smallest absolute Gasteiger partial charge is 0.140 e. The predicted molar refractivity (Wildman–Crippen MR) is 72.9 cm³/mol. The molecule has 1 N–H and O–H groups in total. The molecule has 1 aromatic heterocycles. The van der Waals surface area contributed by atoms with Crippen molar-refractivity contribution in [3.05, 3.63) is 17.0 Å². The fourth-order valence-electron chi connectivity index (χ4n) is 2.68. The highest BCUT2D eigenvalue weighted by molar-refractivity contribution is 6.30. The van der Waals surface area contributed by atoms with Crippen molar-refractivity contribution in [1.29, 1.82) is 0 Å². The zero-order valence-corrected chi connectivity index (χ0v) is 11.5. The third-order valence-corrected chi connectivity index (χ3v) is 3.87. The number of piperidine rings is 1. The molecule has 0 bridgehead atoms. The van der Waals surface area contributed by atoms with E-state index in [4.69, 9.17) is 11.6 Å². The van der Waals surface area contributed by atoms with Crippen molar-refractivity contribution in [2.45, 2.75) is 51.7 Å². The van der Waals surface area contributed by atoms with Crippen molar-refractivity contribution >= 4 is 17.4 Å². The van der Waals surface area contributed by atoms with Gasteiger partial charge < -0.3 is 10.0 Å². The van der Waals surface area contributed by atoms with E-state index in [0.29, 0.717) is 16.8 Å². The van der Waals surface area contributed by atoms with Crippen molar-refractivity contribution in [1.82, 2.24) is 9.97 Å². The first kappa shape index (κ1) is 13.6. The maximum absolute atomic E-state index is 9.45. The van der Waals surface area contributed by atoms with Crippen LogP contribution in [0.4, 0.5) is 5.82 Å². The summed E-state index contributed by atoms with van der Waals surface area (Å²) >= 11 is 6.04. The van der Waals surface area contributed by atoms with Crippen LogP contribution < -0.4 is 4.90 Å². The maximum atomic E-state index is 9.45. The normalized spacial score (nSPS) is 20.2. The zero-order valence-electron chi connectivity index (χ0n) is 10.8. The van der Waals surface area contributed by atoms with Gasteiger partial charge in [-0.1, -0.05) is 24.9 Å². The average Bonchev–Trinajstić information content (AvgIpc) is 2.39. The molecule has 0 spiro atoms. The molecule has 0 saturated carbocycles. The third-order valence-electron chi connectivity index (χ3n) is 3.55. The third kappa shape index (κ3) is 2.75. The van der Waals surface area contributed by atoms with Crippen molar-refractivity contribution < 1.29 is 5.11 Å². The van der Waals surface area contributed by atoms with Gasteiger partial charge in [-0.15, -0.1) is 0 Å². The molecular weight excluding hydrogens is 250 g/mol. The van der Waals surface area contributed by atoms with Crippen LogP contribution in [0.5, 0.6) is 0 Å². The van der Waals surface area contributed by atoms with Crippen LogP contribution in [0, 0.1) is 0 Å². The molecule has 1 aliphatic rings. The van der Waals surface area contributed by atoms with Gasteiger partial charge in [0.05, 0.1) is 12.2 Å². The van der Waals surface area contributed by atoms with E-state index in [2.05, 4.69) is 21.8 Å². The van der Waals surface area contributed by atoms with Crippen molar-refractivity contribution in [2.24, 2.45) is 0 Å². The van der Waals surface area contributed by atoms with Crippen LogP contribution in [0.2, 0.25) is 5.15 Å². The number of aliphatic hydroxyl groups is 1. The number of hydrogen-bond donors (Lipinski definition) is 1. The predicted octanol–water partition coefficient (Wildman–Crippen LogP) is 2.78. The van der Waals surface area contributed by atoms with Crippen LogP contribution in [-0.2, 0) is 6.61 Å². The average molecular weight is 270 g/mol. The van der Waals surface area contributed by atoms with Gasteiger partial charge in [0, 0.05) is 12.6 Å². The second-order valence-corrected chi connectivity index (χ2v) is 5.11. The second-order valence-electron chi connectivity index (χ2n) is 4.76. The van der Waals surface area contributed by atoms with E-state index >= 15 is 0 Å². The number of aromatic nitrogens is 2. The molecule has 18 heavy (non-hydrogen) atoms. The van der Waals surface area contributed by atoms with E-state index in [1.807, 2.05) is 0 Å². The lowest BCUT2D eigenvalue weighted by Crippen LogP contribution is -2.40. The Morgan fingerprint density at radius 2 is 2.28 bits per heavy atom. The second kappa shape index (κ2) is 6.34. The van der Waals surface area contributed by atoms with Crippen LogP contribution in [0.3, 0.4) is 0 Å². The summed E-state index contributed by atoms with van der Waals surface area (Å²) in [6, 6.07) is 0.514. The molecule has 1 aliphatic heterocycles. The number of halogens is 1. The quantitative estimate of drug-likeness (QED) is 0.854. The van der Waals surface area contributed by atoms with Crippen molar-refractivity contribution in [2.75, 3.05) is 11.4 Å². The highest BCUT2D eigenvalue weighted by Gasteiger charge is 2.25. The Morgan fingerprint density at radius 3 is 3.00 bits per heavy atom. The highest BCUT2D eigenvalue weighted by atomic mass is 35.5. The number of aliphatic hydroxyl groups excluding tert-OH is 1. The molecule has 0 aromatic carbocycles. The summed E-state index contributed by atoms with van der Waals surface area (Å²) in [5, 5.41) is 9.82. The van der Waals surface area contributed by atoms with E-state index in [9.17, 15) is 5.11 Å². The van der Waals surface area contributed by atoms with Gasteiger partial charge >= 0.3 is 0 Å². The molecule has 100 valence electrons. The zero-order chi connectivity index (χ0) is 13.0. The first-order valence-electron chi connectivity index (χ1n) is 6.64. The Bertz CT molecular complexity index is 398. The maximum Gasteiger partial charge on any atom is 0.140 e. The van der Waals surface area contributed by atoms with Crippen LogP contribution in [0.15, 0.2) is 6.33 Å². The first-order chi connectivity index (χ1) is 8.77. The molecule has 0 amide bonds. The van der Waals surface area contributed by atoms with E-state index in [1.54, 1.807) is 0 Å². The molecule has 4 nitrogen and oxygen atoms in total. The monoisotopic (exact) mass is 269 g/mol. The number of hydrogen-bond acceptors (Lipinski definition) is 4. The number of anilines is 1. The van der Waals surface area contributed by atoms with Gasteiger partial charge in [0.15, 0.2) is 0 Å². The SMILES string of the molecule is CCCC1CCCCN1c1ncnc(Cl)c1CO. The Labute approximate surface area is 113 Å². The van der Waals surface area contributed by atoms with Crippen LogP contribution in [-0.4, -0.2) is 27.7 Å². The molecule has 0 radical (unpaired) electrons. The van der Waals surface area contributed by atoms with Gasteiger partial charge in [0.2, 0.25) is 0 Å². The van der Waals surface area contributed by atoms with E-state index < -0.39 is 0 Å². The van der Waals surface area contributed by atoms with Crippen LogP contribution in [0.25, 0.3) is 0 Å². The van der Waals surface area contributed by atoms with E-state index in [-0.39, 0.29) is 6.61 Å². The lowest BCUT2D eigenvalue weighted by molar-refractivity contribution is 0.280. The molecule has 5 heteroatoms. The topological polar surface area (TPSA) is 49.2 Å². The Hall–Kier alpha value is -0.870. The minimum absolute atomic E-state index is 0.107. The summed E-state index contributed by atoms with van der Waals surface area (Å²) < 4.78 is 0. The summed E-state index contributed by atoms with van der Waals surface area (Å²) in [5.41, 5.74) is 0.655. The minimum Gasteiger partial charge on any atom is -0.391 e.